The zero-order valence-corrected chi connectivity index (χ0v) is 25.9. The Balaban J connectivity index is 0.000000161. The van der Waals surface area contributed by atoms with Crippen LogP contribution in [-0.4, -0.2) is 45.2 Å². The van der Waals surface area contributed by atoms with E-state index in [1.807, 2.05) is 7.05 Å². The highest BCUT2D eigenvalue weighted by Gasteiger charge is 2.53. The predicted molar refractivity (Wildman–Crippen MR) is 175 cm³/mol. The molecule has 0 spiro atoms. The van der Waals surface area contributed by atoms with Crippen molar-refractivity contribution >= 4 is 18.0 Å². The second-order valence-corrected chi connectivity index (χ2v) is 12.4. The summed E-state index contributed by atoms with van der Waals surface area (Å²) in [6, 6.07) is 25.3. The average molecular weight is 571 g/mol. The summed E-state index contributed by atoms with van der Waals surface area (Å²) in [5, 5.41) is 3.23. The third-order valence-corrected chi connectivity index (χ3v) is 10.3. The van der Waals surface area contributed by atoms with Crippen LogP contribution in [0.15, 0.2) is 72.8 Å². The van der Waals surface area contributed by atoms with E-state index in [-0.39, 0.29) is 12.4 Å². The van der Waals surface area contributed by atoms with E-state index < -0.39 is 0 Å². The molecule has 3 atom stereocenters. The lowest BCUT2D eigenvalue weighted by Gasteiger charge is -2.58. The van der Waals surface area contributed by atoms with Gasteiger partial charge in [0.2, 0.25) is 0 Å². The molecule has 4 aliphatic rings. The lowest BCUT2D eigenvalue weighted by Crippen LogP contribution is -2.59. The normalized spacial score (nSPS) is 24.1. The van der Waals surface area contributed by atoms with E-state index in [2.05, 4.69) is 90.1 Å². The van der Waals surface area contributed by atoms with Gasteiger partial charge < -0.3 is 15.0 Å². The Morgan fingerprint density at radius 3 is 2.32 bits per heavy atom. The number of hydrogen-bond donors (Lipinski definition) is 1. The first kappa shape index (κ1) is 29.9. The molecular formula is C37H47ClN2O. The van der Waals surface area contributed by atoms with E-state index in [1.165, 1.54) is 72.9 Å². The lowest BCUT2D eigenvalue weighted by atomic mass is 9.52. The van der Waals surface area contributed by atoms with Crippen LogP contribution in [0.2, 0.25) is 0 Å². The Morgan fingerprint density at radius 2 is 1.63 bits per heavy atom. The van der Waals surface area contributed by atoms with Crippen LogP contribution in [0.1, 0.15) is 71.9 Å². The number of likely N-dealkylation sites (tertiary alicyclic amines) is 1. The van der Waals surface area contributed by atoms with Crippen molar-refractivity contribution in [3.63, 3.8) is 0 Å². The molecule has 1 saturated carbocycles. The summed E-state index contributed by atoms with van der Waals surface area (Å²) >= 11 is 0. The molecule has 4 heteroatoms. The Hall–Kier alpha value is -2.59. The van der Waals surface area contributed by atoms with Crippen LogP contribution >= 0.6 is 12.4 Å². The first-order valence-corrected chi connectivity index (χ1v) is 15.5. The monoisotopic (exact) mass is 570 g/mol. The number of piperidine rings is 1. The Bertz CT molecular complexity index is 1320. The van der Waals surface area contributed by atoms with E-state index in [9.17, 15) is 0 Å². The molecule has 0 aromatic heterocycles. The Labute approximate surface area is 253 Å². The molecule has 2 fully saturated rings. The number of nitrogens with zero attached hydrogens (tertiary/aromatic N) is 1. The molecule has 3 aromatic rings. The van der Waals surface area contributed by atoms with Crippen LogP contribution in [0.4, 0.5) is 0 Å². The van der Waals surface area contributed by atoms with Crippen LogP contribution in [0, 0.1) is 5.92 Å². The van der Waals surface area contributed by atoms with Gasteiger partial charge in [-0.2, -0.15) is 0 Å². The number of halogens is 1. The third-order valence-electron chi connectivity index (χ3n) is 10.3. The summed E-state index contributed by atoms with van der Waals surface area (Å²) in [6.45, 7) is 2.28. The average Bonchev–Trinajstić information content (AvgIpc) is 3.16. The van der Waals surface area contributed by atoms with Gasteiger partial charge in [-0.05, 0) is 129 Å². The second-order valence-electron chi connectivity index (χ2n) is 12.4. The van der Waals surface area contributed by atoms with E-state index in [0.29, 0.717) is 5.41 Å². The van der Waals surface area contributed by atoms with Gasteiger partial charge in [0, 0.05) is 11.5 Å². The molecule has 0 amide bonds. The standard InChI is InChI=1S/C19H21N.C18H25NO.ClH/c1-20-14-6-11-19-17-9-4-2-7-15(17)12-13-16-8-3-5-10-18(16)19;1-19-10-9-18-8-4-3-5-15(18)17(19)11-13-6-7-14(20-2)12-16(13)18;/h2-5,7-11,20H,6,12-14H2,1H3;6-7,12,15,17H,3-5,8-11H2,1-2H3;1H/t;15-,17+,18+;/m.1./s1. The third kappa shape index (κ3) is 5.74. The van der Waals surface area contributed by atoms with Gasteiger partial charge in [-0.15, -0.1) is 12.4 Å². The van der Waals surface area contributed by atoms with E-state index in [0.717, 1.165) is 43.5 Å². The van der Waals surface area contributed by atoms with Crippen molar-refractivity contribution in [1.82, 2.24) is 10.2 Å². The number of hydrogen-bond acceptors (Lipinski definition) is 3. The lowest BCUT2D eigenvalue weighted by molar-refractivity contribution is 0.00274. The first-order valence-electron chi connectivity index (χ1n) is 15.5. The number of methoxy groups -OCH3 is 1. The minimum absolute atomic E-state index is 0. The van der Waals surface area contributed by atoms with Crippen LogP contribution in [0.3, 0.4) is 0 Å². The minimum atomic E-state index is 0. The van der Waals surface area contributed by atoms with Gasteiger partial charge in [0.1, 0.15) is 5.75 Å². The first-order chi connectivity index (χ1) is 19.6. The number of likely N-dealkylation sites (N-methyl/N-ethyl adjacent to an activating group) is 1. The zero-order chi connectivity index (χ0) is 27.5. The summed E-state index contributed by atoms with van der Waals surface area (Å²) in [4.78, 5) is 2.63. The SMILES string of the molecule is CNCCC=C1c2ccccc2CCc2ccccc21.COc1ccc2c(c1)[C@]13CCCC[C@@H]1[C@H](C2)N(C)CC3.Cl. The van der Waals surface area contributed by atoms with Crippen LogP contribution in [-0.2, 0) is 24.7 Å². The summed E-state index contributed by atoms with van der Waals surface area (Å²) in [7, 11) is 6.13. The molecule has 3 aliphatic carbocycles. The van der Waals surface area contributed by atoms with Gasteiger partial charge >= 0.3 is 0 Å². The van der Waals surface area contributed by atoms with Crippen molar-refractivity contribution in [2.45, 2.75) is 69.2 Å². The summed E-state index contributed by atoms with van der Waals surface area (Å²) in [6.07, 6.45) is 13.9. The number of ether oxygens (including phenoxy) is 1. The van der Waals surface area contributed by atoms with Crippen LogP contribution < -0.4 is 10.1 Å². The number of fused-ring (bicyclic) bond motifs is 3. The fraction of sp³-hybridized carbons (Fsp3) is 0.459. The Kier molecular flexibility index (Phi) is 9.59. The molecule has 0 radical (unpaired) electrons. The summed E-state index contributed by atoms with van der Waals surface area (Å²) in [5.74, 6) is 1.91. The van der Waals surface area contributed by atoms with E-state index >= 15 is 0 Å². The van der Waals surface area contributed by atoms with Gasteiger partial charge in [0.15, 0.2) is 0 Å². The molecule has 0 unspecified atom stereocenters. The maximum atomic E-state index is 5.51. The molecule has 41 heavy (non-hydrogen) atoms. The Morgan fingerprint density at radius 1 is 0.927 bits per heavy atom. The molecule has 7 rings (SSSR count). The molecule has 3 nitrogen and oxygen atoms in total. The number of rotatable bonds is 4. The van der Waals surface area contributed by atoms with E-state index in [4.69, 9.17) is 4.74 Å². The van der Waals surface area contributed by atoms with Crippen molar-refractivity contribution in [3.05, 3.63) is 106 Å². The highest BCUT2D eigenvalue weighted by molar-refractivity contribution is 5.85. The number of aryl methyl sites for hydroxylation is 2. The number of nitrogens with one attached hydrogen (secondary N) is 1. The van der Waals surface area contributed by atoms with Gasteiger partial charge in [0.05, 0.1) is 7.11 Å². The highest BCUT2D eigenvalue weighted by atomic mass is 35.5. The van der Waals surface area contributed by atoms with E-state index in [1.54, 1.807) is 18.2 Å². The summed E-state index contributed by atoms with van der Waals surface area (Å²) in [5.41, 5.74) is 10.8. The van der Waals surface area contributed by atoms with Crippen molar-refractivity contribution in [2.75, 3.05) is 34.3 Å². The fourth-order valence-electron chi connectivity index (χ4n) is 8.30. The predicted octanol–water partition coefficient (Wildman–Crippen LogP) is 7.63. The van der Waals surface area contributed by atoms with Crippen molar-refractivity contribution < 1.29 is 4.74 Å². The highest BCUT2D eigenvalue weighted by Crippen LogP contribution is 2.55. The molecular weight excluding hydrogens is 524 g/mol. The van der Waals surface area contributed by atoms with Crippen molar-refractivity contribution in [3.8, 4) is 5.75 Å². The van der Waals surface area contributed by atoms with Gasteiger partial charge in [-0.25, -0.2) is 0 Å². The maximum Gasteiger partial charge on any atom is 0.119 e. The molecule has 1 N–H and O–H groups in total. The molecule has 218 valence electrons. The molecule has 3 aromatic carbocycles. The van der Waals surface area contributed by atoms with Crippen LogP contribution in [0.25, 0.3) is 5.57 Å². The fourth-order valence-corrected chi connectivity index (χ4v) is 8.30. The topological polar surface area (TPSA) is 24.5 Å². The van der Waals surface area contributed by atoms with Gasteiger partial charge in [-0.1, -0.05) is 73.5 Å². The molecule has 1 aliphatic heterocycles. The summed E-state index contributed by atoms with van der Waals surface area (Å²) < 4.78 is 5.51. The smallest absolute Gasteiger partial charge is 0.119 e. The minimum Gasteiger partial charge on any atom is -0.497 e. The van der Waals surface area contributed by atoms with Crippen molar-refractivity contribution in [2.24, 2.45) is 5.92 Å². The largest absolute Gasteiger partial charge is 0.497 e. The zero-order valence-electron chi connectivity index (χ0n) is 25.1. The van der Waals surface area contributed by atoms with Gasteiger partial charge in [0.25, 0.3) is 0 Å². The molecule has 1 heterocycles. The maximum absolute atomic E-state index is 5.51. The molecule has 2 bridgehead atoms. The quantitative estimate of drug-likeness (QED) is 0.326. The van der Waals surface area contributed by atoms with Gasteiger partial charge in [-0.3, -0.25) is 0 Å². The number of benzene rings is 3. The van der Waals surface area contributed by atoms with Crippen LogP contribution in [0.5, 0.6) is 5.75 Å². The van der Waals surface area contributed by atoms with Crippen molar-refractivity contribution in [1.29, 1.82) is 0 Å². The molecule has 1 saturated heterocycles. The second kappa shape index (κ2) is 13.2.